The monoisotopic (exact) mass is 642 g/mol. The number of H-pyrrole nitrogens is 5. The maximum absolute atomic E-state index is 5.74. The van der Waals surface area contributed by atoms with Crippen molar-refractivity contribution < 1.29 is 0 Å². The van der Waals surface area contributed by atoms with Crippen molar-refractivity contribution in [3.05, 3.63) is 182 Å². The van der Waals surface area contributed by atoms with Crippen LogP contribution in [0.15, 0.2) is 177 Å². The van der Waals surface area contributed by atoms with E-state index in [1.165, 1.54) is 60.1 Å². The van der Waals surface area contributed by atoms with Gasteiger partial charge in [0.1, 0.15) is 0 Å². The molecule has 0 aliphatic rings. The van der Waals surface area contributed by atoms with Crippen molar-refractivity contribution in [1.82, 2.24) is 24.9 Å². The first kappa shape index (κ1) is 32.7. The Morgan fingerprint density at radius 3 is 1.02 bits per heavy atom. The van der Waals surface area contributed by atoms with Crippen LogP contribution in [0.25, 0.3) is 54.5 Å². The number of rotatable bonds is 2. The first-order chi connectivity index (χ1) is 24.1. The van der Waals surface area contributed by atoms with Gasteiger partial charge in [-0.15, -0.1) is 0 Å². The Bertz CT molecular complexity index is 2050. The standard InChI is InChI=1S/C11H14N2.4C8H7N/c1-8(12)6-9-2-3-11-10(7-9)4-5-13-11;4*1-2-4-8-7(3-1)5-6-9-8/h2-5,7-8,13H,6,12H2,1H3;4*1-6,9H. The molecule has 7 N–H and O–H groups in total. The van der Waals surface area contributed by atoms with Gasteiger partial charge in [0.15, 0.2) is 0 Å². The molecule has 0 fully saturated rings. The molecule has 0 radical (unpaired) electrons. The first-order valence-corrected chi connectivity index (χ1v) is 16.5. The van der Waals surface area contributed by atoms with Gasteiger partial charge in [-0.1, -0.05) is 78.9 Å². The average molecular weight is 643 g/mol. The lowest BCUT2D eigenvalue weighted by Crippen LogP contribution is -2.17. The zero-order chi connectivity index (χ0) is 33.7. The normalized spacial score (nSPS) is 11.1. The number of nitrogens with one attached hydrogen (secondary N) is 5. The van der Waals surface area contributed by atoms with Crippen molar-refractivity contribution in [2.75, 3.05) is 0 Å². The number of benzene rings is 5. The summed E-state index contributed by atoms with van der Waals surface area (Å²) < 4.78 is 0. The predicted molar refractivity (Wildman–Crippen MR) is 209 cm³/mol. The van der Waals surface area contributed by atoms with Crippen molar-refractivity contribution in [3.63, 3.8) is 0 Å². The Balaban J connectivity index is 0.000000107. The van der Waals surface area contributed by atoms with Crippen LogP contribution in [-0.2, 0) is 6.42 Å². The number of hydrogen-bond acceptors (Lipinski definition) is 1. The topological polar surface area (TPSA) is 105 Å². The fourth-order valence-corrected chi connectivity index (χ4v) is 5.58. The van der Waals surface area contributed by atoms with Gasteiger partial charge in [-0.25, -0.2) is 0 Å². The summed E-state index contributed by atoms with van der Waals surface area (Å²) in [5.74, 6) is 0. The van der Waals surface area contributed by atoms with E-state index >= 15 is 0 Å². The zero-order valence-corrected chi connectivity index (χ0v) is 27.6. The molecule has 244 valence electrons. The Morgan fingerprint density at radius 1 is 0.388 bits per heavy atom. The average Bonchev–Trinajstić information content (AvgIpc) is 3.99. The number of para-hydroxylation sites is 4. The van der Waals surface area contributed by atoms with E-state index in [4.69, 9.17) is 5.73 Å². The maximum Gasteiger partial charge on any atom is 0.0454 e. The van der Waals surface area contributed by atoms with Crippen molar-refractivity contribution in [1.29, 1.82) is 0 Å². The van der Waals surface area contributed by atoms with Crippen molar-refractivity contribution >= 4 is 54.5 Å². The van der Waals surface area contributed by atoms with Gasteiger partial charge in [0.25, 0.3) is 0 Å². The molecule has 0 saturated carbocycles. The van der Waals surface area contributed by atoms with Crippen LogP contribution in [0.4, 0.5) is 0 Å². The summed E-state index contributed by atoms with van der Waals surface area (Å²) in [5, 5.41) is 6.36. The van der Waals surface area contributed by atoms with E-state index < -0.39 is 0 Å². The Hall–Kier alpha value is -6.24. The van der Waals surface area contributed by atoms with Crippen LogP contribution < -0.4 is 5.73 Å². The third kappa shape index (κ3) is 9.19. The first-order valence-electron chi connectivity index (χ1n) is 16.5. The molecule has 5 aromatic heterocycles. The van der Waals surface area contributed by atoms with E-state index in [-0.39, 0.29) is 6.04 Å². The van der Waals surface area contributed by atoms with Gasteiger partial charge in [-0.2, -0.15) is 0 Å². The lowest BCUT2D eigenvalue weighted by molar-refractivity contribution is 0.739. The third-order valence-corrected chi connectivity index (χ3v) is 8.03. The Morgan fingerprint density at radius 2 is 0.694 bits per heavy atom. The molecule has 1 unspecified atom stereocenters. The molecular formula is C43H42N6. The molecule has 5 heterocycles. The molecule has 10 aromatic rings. The fourth-order valence-electron chi connectivity index (χ4n) is 5.58. The molecule has 0 aliphatic heterocycles. The van der Waals surface area contributed by atoms with Crippen molar-refractivity contribution in [2.24, 2.45) is 5.73 Å². The Kier molecular flexibility index (Phi) is 11.0. The van der Waals surface area contributed by atoms with Gasteiger partial charge in [-0.3, -0.25) is 0 Å². The SMILES string of the molecule is CC(N)Cc1ccc2[nH]ccc2c1.c1ccc2[nH]ccc2c1.c1ccc2[nH]ccc2c1.c1ccc2[nH]ccc2c1.c1ccc2[nH]ccc2c1. The van der Waals surface area contributed by atoms with Crippen LogP contribution in [0.1, 0.15) is 12.5 Å². The van der Waals surface area contributed by atoms with Gasteiger partial charge in [0, 0.05) is 64.6 Å². The zero-order valence-electron chi connectivity index (χ0n) is 27.6. The number of aromatic nitrogens is 5. The molecule has 0 saturated heterocycles. The quantitative estimate of drug-likeness (QED) is 0.111. The van der Waals surface area contributed by atoms with E-state index in [2.05, 4.69) is 122 Å². The summed E-state index contributed by atoms with van der Waals surface area (Å²) >= 11 is 0. The molecule has 6 heteroatoms. The van der Waals surface area contributed by atoms with Gasteiger partial charge in [0.05, 0.1) is 0 Å². The summed E-state index contributed by atoms with van der Waals surface area (Å²) in [7, 11) is 0. The van der Waals surface area contributed by atoms with Gasteiger partial charge in [-0.05, 0) is 113 Å². The van der Waals surface area contributed by atoms with E-state index in [0.717, 1.165) is 6.42 Å². The van der Waals surface area contributed by atoms with Crippen LogP contribution >= 0.6 is 0 Å². The van der Waals surface area contributed by atoms with Crippen LogP contribution in [0.2, 0.25) is 0 Å². The van der Waals surface area contributed by atoms with Gasteiger partial charge in [0.2, 0.25) is 0 Å². The summed E-state index contributed by atoms with van der Waals surface area (Å²) in [6, 6.07) is 49.9. The van der Waals surface area contributed by atoms with Crippen LogP contribution in [0.3, 0.4) is 0 Å². The molecular weight excluding hydrogens is 601 g/mol. The minimum atomic E-state index is 0.233. The summed E-state index contributed by atoms with van der Waals surface area (Å²) in [6.07, 6.45) is 10.7. The highest BCUT2D eigenvalue weighted by molar-refractivity contribution is 5.81. The van der Waals surface area contributed by atoms with Crippen molar-refractivity contribution in [3.8, 4) is 0 Å². The molecule has 1 atom stereocenters. The van der Waals surface area contributed by atoms with Gasteiger partial charge >= 0.3 is 0 Å². The molecule has 49 heavy (non-hydrogen) atoms. The summed E-state index contributed by atoms with van der Waals surface area (Å²) in [6.45, 7) is 2.03. The largest absolute Gasteiger partial charge is 0.361 e. The minimum Gasteiger partial charge on any atom is -0.361 e. The third-order valence-electron chi connectivity index (χ3n) is 8.03. The van der Waals surface area contributed by atoms with E-state index in [1.54, 1.807) is 0 Å². The predicted octanol–water partition coefficient (Wildman–Crippen LogP) is 10.7. The molecule has 0 bridgehead atoms. The number of nitrogens with two attached hydrogens (primary N) is 1. The summed E-state index contributed by atoms with van der Waals surface area (Å²) in [4.78, 5) is 15.6. The highest BCUT2D eigenvalue weighted by Gasteiger charge is 1.99. The number of aromatic amines is 5. The second-order valence-corrected chi connectivity index (χ2v) is 11.8. The lowest BCUT2D eigenvalue weighted by atomic mass is 10.1. The maximum atomic E-state index is 5.74. The van der Waals surface area contributed by atoms with E-state index in [1.807, 2.05) is 86.4 Å². The molecule has 10 rings (SSSR count). The molecule has 0 spiro atoms. The molecule has 0 aliphatic carbocycles. The number of hydrogen-bond donors (Lipinski definition) is 6. The Labute approximate surface area is 286 Å². The second kappa shape index (κ2) is 16.5. The van der Waals surface area contributed by atoms with E-state index in [9.17, 15) is 0 Å². The number of fused-ring (bicyclic) bond motifs is 5. The van der Waals surface area contributed by atoms with Crippen molar-refractivity contribution in [2.45, 2.75) is 19.4 Å². The van der Waals surface area contributed by atoms with E-state index in [0.29, 0.717) is 0 Å². The fraction of sp³-hybridized carbons (Fsp3) is 0.0698. The molecule has 6 nitrogen and oxygen atoms in total. The molecule has 0 amide bonds. The van der Waals surface area contributed by atoms with Crippen LogP contribution in [0.5, 0.6) is 0 Å². The van der Waals surface area contributed by atoms with Crippen LogP contribution in [-0.4, -0.2) is 31.0 Å². The van der Waals surface area contributed by atoms with Gasteiger partial charge < -0.3 is 30.7 Å². The minimum absolute atomic E-state index is 0.233. The second-order valence-electron chi connectivity index (χ2n) is 11.8. The lowest BCUT2D eigenvalue weighted by Gasteiger charge is -2.04. The summed E-state index contributed by atoms with van der Waals surface area (Å²) in [5.41, 5.74) is 13.1. The molecule has 5 aromatic carbocycles. The van der Waals surface area contributed by atoms with Crippen LogP contribution in [0, 0.1) is 0 Å². The smallest absolute Gasteiger partial charge is 0.0454 e. The highest BCUT2D eigenvalue weighted by atomic mass is 14.7. The highest BCUT2D eigenvalue weighted by Crippen LogP contribution is 2.15.